The van der Waals surface area contributed by atoms with Gasteiger partial charge in [0.2, 0.25) is 0 Å². The van der Waals surface area contributed by atoms with Gasteiger partial charge in [0.15, 0.2) is 0 Å². The minimum atomic E-state index is 0.582. The van der Waals surface area contributed by atoms with Gasteiger partial charge in [0, 0.05) is 29.1 Å². The standard InChI is InChI=1S/C22H18ClN3O/c23-20-7-5-16(6-8-20)19(15-24)14-18-13-17-3-1-2-4-21(17)25-22(18)26-9-11-27-12-10-26/h1-8,13-14H,9-12H2/b19-14-. The van der Waals surface area contributed by atoms with Crippen LogP contribution in [0.2, 0.25) is 5.02 Å². The average Bonchev–Trinajstić information content (AvgIpc) is 2.73. The average molecular weight is 376 g/mol. The van der Waals surface area contributed by atoms with E-state index in [0.717, 1.165) is 40.9 Å². The van der Waals surface area contributed by atoms with Gasteiger partial charge < -0.3 is 9.64 Å². The van der Waals surface area contributed by atoms with Crippen molar-refractivity contribution >= 4 is 40.0 Å². The molecule has 0 amide bonds. The Labute approximate surface area is 163 Å². The van der Waals surface area contributed by atoms with E-state index in [1.165, 1.54) is 0 Å². The summed E-state index contributed by atoms with van der Waals surface area (Å²) in [6.07, 6.45) is 1.91. The van der Waals surface area contributed by atoms with E-state index in [2.05, 4.69) is 17.0 Å². The molecule has 1 fully saturated rings. The maximum Gasteiger partial charge on any atom is 0.136 e. The van der Waals surface area contributed by atoms with E-state index in [0.29, 0.717) is 23.8 Å². The third-order valence-corrected chi connectivity index (χ3v) is 4.87. The van der Waals surface area contributed by atoms with E-state index in [9.17, 15) is 5.26 Å². The van der Waals surface area contributed by atoms with Crippen LogP contribution >= 0.6 is 11.6 Å². The molecule has 1 aliphatic rings. The number of pyridine rings is 1. The van der Waals surface area contributed by atoms with Crippen molar-refractivity contribution in [2.45, 2.75) is 0 Å². The molecule has 0 saturated carbocycles. The van der Waals surface area contributed by atoms with Gasteiger partial charge in [-0.1, -0.05) is 41.9 Å². The third-order valence-electron chi connectivity index (χ3n) is 4.62. The Morgan fingerprint density at radius 1 is 1.11 bits per heavy atom. The maximum absolute atomic E-state index is 9.72. The number of ether oxygens (including phenoxy) is 1. The molecule has 0 bridgehead atoms. The topological polar surface area (TPSA) is 49.2 Å². The minimum Gasteiger partial charge on any atom is -0.378 e. The second-order valence-electron chi connectivity index (χ2n) is 6.37. The van der Waals surface area contributed by atoms with E-state index >= 15 is 0 Å². The molecule has 1 saturated heterocycles. The van der Waals surface area contributed by atoms with Gasteiger partial charge in [-0.25, -0.2) is 4.98 Å². The first kappa shape index (κ1) is 17.5. The molecule has 0 N–H and O–H groups in total. The van der Waals surface area contributed by atoms with E-state index in [4.69, 9.17) is 21.3 Å². The number of hydrogen-bond acceptors (Lipinski definition) is 4. The van der Waals surface area contributed by atoms with Crippen LogP contribution < -0.4 is 4.90 Å². The summed E-state index contributed by atoms with van der Waals surface area (Å²) in [7, 11) is 0. The van der Waals surface area contributed by atoms with Crippen molar-refractivity contribution in [2.24, 2.45) is 0 Å². The molecule has 1 aliphatic heterocycles. The highest BCUT2D eigenvalue weighted by atomic mass is 35.5. The summed E-state index contributed by atoms with van der Waals surface area (Å²) in [6, 6.07) is 19.8. The normalized spacial score (nSPS) is 15.0. The highest BCUT2D eigenvalue weighted by molar-refractivity contribution is 6.30. The molecule has 2 heterocycles. The summed E-state index contributed by atoms with van der Waals surface area (Å²) in [5, 5.41) is 11.4. The fourth-order valence-electron chi connectivity index (χ4n) is 3.22. The van der Waals surface area contributed by atoms with Crippen LogP contribution in [0.5, 0.6) is 0 Å². The molecule has 0 unspecified atom stereocenters. The van der Waals surface area contributed by atoms with Crippen LogP contribution in [-0.4, -0.2) is 31.3 Å². The first-order chi connectivity index (χ1) is 13.2. The summed E-state index contributed by atoms with van der Waals surface area (Å²) in [5.74, 6) is 0.888. The quantitative estimate of drug-likeness (QED) is 0.617. The number of rotatable bonds is 3. The number of morpholine rings is 1. The molecule has 4 rings (SSSR count). The van der Waals surface area contributed by atoms with Crippen molar-refractivity contribution in [3.05, 3.63) is 70.7 Å². The maximum atomic E-state index is 9.72. The number of para-hydroxylation sites is 1. The van der Waals surface area contributed by atoms with Gasteiger partial charge in [0.05, 0.1) is 30.4 Å². The van der Waals surface area contributed by atoms with Crippen LogP contribution in [0, 0.1) is 11.3 Å². The van der Waals surface area contributed by atoms with Gasteiger partial charge in [0.25, 0.3) is 0 Å². The number of halogens is 1. The SMILES string of the molecule is N#C/C(=C/c1cc2ccccc2nc1N1CCOCC1)c1ccc(Cl)cc1. The Morgan fingerprint density at radius 3 is 2.59 bits per heavy atom. The zero-order valence-electron chi connectivity index (χ0n) is 14.7. The van der Waals surface area contributed by atoms with Gasteiger partial charge in [-0.2, -0.15) is 5.26 Å². The summed E-state index contributed by atoms with van der Waals surface area (Å²) in [6.45, 7) is 2.93. The number of anilines is 1. The van der Waals surface area contributed by atoms with Gasteiger partial charge in [0.1, 0.15) is 5.82 Å². The lowest BCUT2D eigenvalue weighted by molar-refractivity contribution is 0.122. The van der Waals surface area contributed by atoms with Crippen molar-refractivity contribution in [2.75, 3.05) is 31.2 Å². The van der Waals surface area contributed by atoms with Crippen LogP contribution in [0.3, 0.4) is 0 Å². The van der Waals surface area contributed by atoms with E-state index < -0.39 is 0 Å². The Bertz CT molecular complexity index is 1030. The Balaban J connectivity index is 1.85. The number of allylic oxidation sites excluding steroid dienone is 1. The highest BCUT2D eigenvalue weighted by Gasteiger charge is 2.17. The first-order valence-corrected chi connectivity index (χ1v) is 9.22. The van der Waals surface area contributed by atoms with Gasteiger partial charge in [-0.05, 0) is 35.9 Å². The lowest BCUT2D eigenvalue weighted by Gasteiger charge is -2.29. The van der Waals surface area contributed by atoms with E-state index in [-0.39, 0.29) is 0 Å². The van der Waals surface area contributed by atoms with Crippen LogP contribution in [0.15, 0.2) is 54.6 Å². The van der Waals surface area contributed by atoms with Gasteiger partial charge in [-0.3, -0.25) is 0 Å². The molecule has 0 aliphatic carbocycles. The number of benzene rings is 2. The van der Waals surface area contributed by atoms with Crippen molar-refractivity contribution < 1.29 is 4.74 Å². The summed E-state index contributed by atoms with van der Waals surface area (Å²) < 4.78 is 5.48. The van der Waals surface area contributed by atoms with Crippen molar-refractivity contribution in [3.8, 4) is 6.07 Å². The first-order valence-electron chi connectivity index (χ1n) is 8.85. The number of fused-ring (bicyclic) bond motifs is 1. The highest BCUT2D eigenvalue weighted by Crippen LogP contribution is 2.28. The number of aromatic nitrogens is 1. The van der Waals surface area contributed by atoms with E-state index in [1.54, 1.807) is 12.1 Å². The molecule has 0 radical (unpaired) electrons. The molecule has 3 aromatic rings. The van der Waals surface area contributed by atoms with Gasteiger partial charge >= 0.3 is 0 Å². The fraction of sp³-hybridized carbons (Fsp3) is 0.182. The van der Waals surface area contributed by atoms with Crippen molar-refractivity contribution in [1.82, 2.24) is 4.98 Å². The minimum absolute atomic E-state index is 0.582. The summed E-state index contributed by atoms with van der Waals surface area (Å²) >= 11 is 5.98. The predicted molar refractivity (Wildman–Crippen MR) is 110 cm³/mol. The predicted octanol–water partition coefficient (Wildman–Crippen LogP) is 4.79. The zero-order valence-corrected chi connectivity index (χ0v) is 15.5. The lowest BCUT2D eigenvalue weighted by atomic mass is 10.0. The smallest absolute Gasteiger partial charge is 0.136 e. The molecule has 134 valence electrons. The third kappa shape index (κ3) is 3.80. The van der Waals surface area contributed by atoms with Crippen LogP contribution in [0.25, 0.3) is 22.6 Å². The molecular formula is C22H18ClN3O. The van der Waals surface area contributed by atoms with Crippen LogP contribution in [0.1, 0.15) is 11.1 Å². The zero-order chi connectivity index (χ0) is 18.6. The Morgan fingerprint density at radius 2 is 1.85 bits per heavy atom. The number of nitriles is 1. The molecule has 4 nitrogen and oxygen atoms in total. The second-order valence-corrected chi connectivity index (χ2v) is 6.81. The molecule has 0 spiro atoms. The molecule has 0 atom stereocenters. The fourth-order valence-corrected chi connectivity index (χ4v) is 3.35. The molecule has 5 heteroatoms. The number of hydrogen-bond donors (Lipinski definition) is 0. The van der Waals surface area contributed by atoms with Crippen molar-refractivity contribution in [1.29, 1.82) is 5.26 Å². The monoisotopic (exact) mass is 375 g/mol. The van der Waals surface area contributed by atoms with Crippen molar-refractivity contribution in [3.63, 3.8) is 0 Å². The van der Waals surface area contributed by atoms with E-state index in [1.807, 2.05) is 42.5 Å². The van der Waals surface area contributed by atoms with Gasteiger partial charge in [-0.15, -0.1) is 0 Å². The van der Waals surface area contributed by atoms with Crippen LogP contribution in [0.4, 0.5) is 5.82 Å². The number of nitrogens with zero attached hydrogens (tertiary/aromatic N) is 3. The Hall–Kier alpha value is -2.87. The van der Waals surface area contributed by atoms with Crippen LogP contribution in [-0.2, 0) is 4.74 Å². The molecule has 27 heavy (non-hydrogen) atoms. The molecular weight excluding hydrogens is 358 g/mol. The molecule has 2 aromatic carbocycles. The Kier molecular flexibility index (Phi) is 5.06. The largest absolute Gasteiger partial charge is 0.378 e. The summed E-state index contributed by atoms with van der Waals surface area (Å²) in [4.78, 5) is 7.11. The second kappa shape index (κ2) is 7.79. The molecule has 1 aromatic heterocycles. The lowest BCUT2D eigenvalue weighted by Crippen LogP contribution is -2.37. The summed E-state index contributed by atoms with van der Waals surface area (Å²) in [5.41, 5.74) is 3.30.